The van der Waals surface area contributed by atoms with E-state index in [4.69, 9.17) is 5.73 Å². The average molecular weight is 388 g/mol. The fraction of sp³-hybridized carbons (Fsp3) is 0.111. The first-order chi connectivity index (χ1) is 7.74. The first-order valence-corrected chi connectivity index (χ1v) is 7.38. The zero-order chi connectivity index (χ0) is 13.2. The lowest BCUT2D eigenvalue weighted by Crippen LogP contribution is -2.25. The predicted octanol–water partition coefficient (Wildman–Crippen LogP) is 2.36. The van der Waals surface area contributed by atoms with Gasteiger partial charge < -0.3 is 5.73 Å². The smallest absolute Gasteiger partial charge is 0.242 e. The van der Waals surface area contributed by atoms with Crippen LogP contribution in [0.1, 0.15) is 0 Å². The van der Waals surface area contributed by atoms with Crippen molar-refractivity contribution in [3.63, 3.8) is 0 Å². The van der Waals surface area contributed by atoms with Crippen LogP contribution < -0.4 is 10.5 Å². The van der Waals surface area contributed by atoms with Crippen LogP contribution in [0.5, 0.6) is 0 Å². The Balaban J connectivity index is 3.15. The molecule has 0 radical (unpaired) electrons. The van der Waals surface area contributed by atoms with Gasteiger partial charge in [-0.05, 0) is 28.1 Å². The first kappa shape index (κ1) is 14.6. The second-order valence-corrected chi connectivity index (χ2v) is 6.86. The van der Waals surface area contributed by atoms with Gasteiger partial charge in [-0.2, -0.15) is 0 Å². The molecule has 0 aliphatic heterocycles. The molecule has 8 heteroatoms. The molecule has 1 aromatic carbocycles. The molecule has 0 fully saturated rings. The molecule has 3 N–H and O–H groups in total. The van der Waals surface area contributed by atoms with Crippen LogP contribution in [0.4, 0.5) is 10.1 Å². The van der Waals surface area contributed by atoms with E-state index in [0.29, 0.717) is 4.48 Å². The van der Waals surface area contributed by atoms with Crippen molar-refractivity contribution >= 4 is 47.6 Å². The Morgan fingerprint density at radius 3 is 2.65 bits per heavy atom. The van der Waals surface area contributed by atoms with E-state index in [-0.39, 0.29) is 21.6 Å². The summed E-state index contributed by atoms with van der Waals surface area (Å²) < 4.78 is 39.6. The maximum Gasteiger partial charge on any atom is 0.242 e. The van der Waals surface area contributed by atoms with Crippen LogP contribution >= 0.6 is 31.9 Å². The van der Waals surface area contributed by atoms with Gasteiger partial charge in [0.15, 0.2) is 0 Å². The Labute approximate surface area is 115 Å². The third-order valence-electron chi connectivity index (χ3n) is 1.79. The Hall–Kier alpha value is -0.440. The highest BCUT2D eigenvalue weighted by molar-refractivity contribution is 9.11. The lowest BCUT2D eigenvalue weighted by Gasteiger charge is -2.09. The van der Waals surface area contributed by atoms with Gasteiger partial charge in [-0.25, -0.2) is 17.5 Å². The van der Waals surface area contributed by atoms with Gasteiger partial charge in [0.05, 0.1) is 10.6 Å². The van der Waals surface area contributed by atoms with Crippen molar-refractivity contribution in [3.05, 3.63) is 33.5 Å². The molecule has 17 heavy (non-hydrogen) atoms. The van der Waals surface area contributed by atoms with Crippen molar-refractivity contribution in [2.24, 2.45) is 0 Å². The summed E-state index contributed by atoms with van der Waals surface area (Å²) in [6, 6.07) is 2.06. The number of hydrogen-bond donors (Lipinski definition) is 2. The summed E-state index contributed by atoms with van der Waals surface area (Å²) in [6.07, 6.45) is 0. The van der Waals surface area contributed by atoms with Crippen LogP contribution in [-0.2, 0) is 10.0 Å². The SMILES string of the molecule is C=C(Br)CNS(=O)(=O)c1cc(N)c(F)cc1Br. The molecule has 0 saturated carbocycles. The molecule has 1 rings (SSSR count). The van der Waals surface area contributed by atoms with Gasteiger partial charge in [-0.1, -0.05) is 22.5 Å². The molecule has 0 bridgehead atoms. The highest BCUT2D eigenvalue weighted by atomic mass is 79.9. The van der Waals surface area contributed by atoms with Crippen LogP contribution in [0.15, 0.2) is 32.6 Å². The monoisotopic (exact) mass is 386 g/mol. The molecule has 0 aliphatic carbocycles. The highest BCUT2D eigenvalue weighted by Gasteiger charge is 2.19. The summed E-state index contributed by atoms with van der Waals surface area (Å²) in [5.74, 6) is -0.680. The Bertz CT molecular complexity index is 560. The Kier molecular flexibility index (Phi) is 4.70. The van der Waals surface area contributed by atoms with Crippen molar-refractivity contribution < 1.29 is 12.8 Å². The van der Waals surface area contributed by atoms with Gasteiger partial charge in [0.1, 0.15) is 5.82 Å². The van der Waals surface area contributed by atoms with Gasteiger partial charge in [0.25, 0.3) is 0 Å². The lowest BCUT2D eigenvalue weighted by atomic mass is 10.3. The molecule has 0 atom stereocenters. The van der Waals surface area contributed by atoms with Crippen molar-refractivity contribution in [1.29, 1.82) is 0 Å². The molecule has 0 aromatic heterocycles. The van der Waals surface area contributed by atoms with Crippen LogP contribution in [0.2, 0.25) is 0 Å². The number of nitrogens with two attached hydrogens (primary N) is 1. The number of sulfonamides is 1. The second kappa shape index (κ2) is 5.47. The summed E-state index contributed by atoms with van der Waals surface area (Å²) in [5.41, 5.74) is 5.10. The van der Waals surface area contributed by atoms with Gasteiger partial charge in [-0.15, -0.1) is 0 Å². The molecule has 0 amide bonds. The van der Waals surface area contributed by atoms with Crippen LogP contribution in [0, 0.1) is 5.82 Å². The molecule has 0 saturated heterocycles. The molecule has 4 nitrogen and oxygen atoms in total. The Morgan fingerprint density at radius 2 is 2.12 bits per heavy atom. The maximum atomic E-state index is 13.1. The number of benzene rings is 1. The minimum Gasteiger partial charge on any atom is -0.396 e. The van der Waals surface area contributed by atoms with E-state index in [1.54, 1.807) is 0 Å². The maximum absolute atomic E-state index is 13.1. The van der Waals surface area contributed by atoms with Crippen molar-refractivity contribution in [2.75, 3.05) is 12.3 Å². The molecule has 0 heterocycles. The van der Waals surface area contributed by atoms with Crippen LogP contribution in [0.3, 0.4) is 0 Å². The quantitative estimate of drug-likeness (QED) is 0.779. The molecule has 0 unspecified atom stereocenters. The number of anilines is 1. The largest absolute Gasteiger partial charge is 0.396 e. The Morgan fingerprint density at radius 1 is 1.53 bits per heavy atom. The molecule has 0 spiro atoms. The van der Waals surface area contributed by atoms with E-state index in [0.717, 1.165) is 12.1 Å². The van der Waals surface area contributed by atoms with Crippen LogP contribution in [0.25, 0.3) is 0 Å². The normalized spacial score (nSPS) is 11.5. The third kappa shape index (κ3) is 3.77. The predicted molar refractivity (Wildman–Crippen MR) is 71.8 cm³/mol. The van der Waals surface area contributed by atoms with E-state index >= 15 is 0 Å². The van der Waals surface area contributed by atoms with Gasteiger partial charge in [-0.3, -0.25) is 0 Å². The summed E-state index contributed by atoms with van der Waals surface area (Å²) >= 11 is 6.00. The molecular formula is C9H9Br2FN2O2S. The van der Waals surface area contributed by atoms with E-state index in [2.05, 4.69) is 43.2 Å². The van der Waals surface area contributed by atoms with Crippen molar-refractivity contribution in [1.82, 2.24) is 4.72 Å². The van der Waals surface area contributed by atoms with Crippen molar-refractivity contribution in [3.8, 4) is 0 Å². The fourth-order valence-electron chi connectivity index (χ4n) is 1.00. The van der Waals surface area contributed by atoms with E-state index < -0.39 is 15.8 Å². The van der Waals surface area contributed by atoms with Crippen molar-refractivity contribution in [2.45, 2.75) is 4.90 Å². The van der Waals surface area contributed by atoms with E-state index in [1.165, 1.54) is 0 Å². The zero-order valence-corrected chi connectivity index (χ0v) is 12.5. The third-order valence-corrected chi connectivity index (χ3v) is 4.43. The molecule has 1 aromatic rings. The van der Waals surface area contributed by atoms with Gasteiger partial charge in [0.2, 0.25) is 10.0 Å². The highest BCUT2D eigenvalue weighted by Crippen LogP contribution is 2.26. The summed E-state index contributed by atoms with van der Waals surface area (Å²) in [4.78, 5) is -0.120. The number of nitrogen functional groups attached to an aromatic ring is 1. The number of hydrogen-bond acceptors (Lipinski definition) is 3. The molecule has 0 aliphatic rings. The topological polar surface area (TPSA) is 72.2 Å². The minimum absolute atomic E-state index is 0.0338. The number of halogens is 3. The van der Waals surface area contributed by atoms with E-state index in [1.807, 2.05) is 0 Å². The molecular weight excluding hydrogens is 379 g/mol. The van der Waals surface area contributed by atoms with Crippen LogP contribution in [-0.4, -0.2) is 15.0 Å². The minimum atomic E-state index is -3.76. The van der Waals surface area contributed by atoms with Gasteiger partial charge >= 0.3 is 0 Å². The molecule has 94 valence electrons. The fourth-order valence-corrected chi connectivity index (χ4v) is 3.40. The second-order valence-electron chi connectivity index (χ2n) is 3.15. The number of nitrogens with one attached hydrogen (secondary N) is 1. The summed E-state index contributed by atoms with van der Waals surface area (Å²) in [5, 5.41) is 0. The zero-order valence-electron chi connectivity index (χ0n) is 8.50. The summed E-state index contributed by atoms with van der Waals surface area (Å²) in [6.45, 7) is 3.53. The van der Waals surface area contributed by atoms with Gasteiger partial charge in [0, 0.05) is 15.5 Å². The van der Waals surface area contributed by atoms with E-state index in [9.17, 15) is 12.8 Å². The first-order valence-electron chi connectivity index (χ1n) is 4.31. The number of rotatable bonds is 4. The summed E-state index contributed by atoms with van der Waals surface area (Å²) in [7, 11) is -3.76. The lowest BCUT2D eigenvalue weighted by molar-refractivity contribution is 0.584. The standard InChI is InChI=1S/C9H9Br2FN2O2S/c1-5(10)4-14-17(15,16)9-3-8(13)7(12)2-6(9)11/h2-3,14H,1,4,13H2. The average Bonchev–Trinajstić information content (AvgIpc) is 2.20.